The predicted octanol–water partition coefficient (Wildman–Crippen LogP) is 5.08. The van der Waals surface area contributed by atoms with Gasteiger partial charge in [-0.2, -0.15) is 0 Å². The number of ether oxygens (including phenoxy) is 1. The number of aromatic amines is 1. The number of H-pyrrole nitrogens is 1. The van der Waals surface area contributed by atoms with Crippen LogP contribution in [-0.2, 0) is 0 Å². The van der Waals surface area contributed by atoms with E-state index in [1.165, 1.54) is 0 Å². The summed E-state index contributed by atoms with van der Waals surface area (Å²) in [6.45, 7) is 1.98. The number of aryl methyl sites for hydroxylation is 1. The third kappa shape index (κ3) is 3.50. The number of nitrogens with two attached hydrogens (primary N) is 1. The maximum absolute atomic E-state index is 11.3. The minimum Gasteiger partial charge on any atom is -0.456 e. The smallest absolute Gasteiger partial charge is 0.248 e. The van der Waals surface area contributed by atoms with Crippen molar-refractivity contribution in [2.75, 3.05) is 0 Å². The van der Waals surface area contributed by atoms with Crippen LogP contribution in [0.4, 0.5) is 0 Å². The molecule has 0 saturated heterocycles. The van der Waals surface area contributed by atoms with E-state index < -0.39 is 5.91 Å². The number of fused-ring (bicyclic) bond motifs is 1. The van der Waals surface area contributed by atoms with Gasteiger partial charge in [0.25, 0.3) is 0 Å². The van der Waals surface area contributed by atoms with Crippen LogP contribution in [0, 0.1) is 6.92 Å². The van der Waals surface area contributed by atoms with Crippen LogP contribution in [-0.4, -0.2) is 15.9 Å². The number of aromatic nitrogens is 2. The topological polar surface area (TPSA) is 81.0 Å². The Labute approximate surface area is 160 Å². The minimum atomic E-state index is -0.474. The van der Waals surface area contributed by atoms with Gasteiger partial charge in [-0.3, -0.25) is 4.79 Å². The number of carbonyl (C=O) groups is 1. The third-order valence-corrected chi connectivity index (χ3v) is 4.51. The zero-order chi connectivity index (χ0) is 19.0. The molecule has 4 rings (SSSR count). The predicted molar refractivity (Wildman–Crippen MR) is 106 cm³/mol. The molecular formula is C21H16ClN3O2. The van der Waals surface area contributed by atoms with E-state index in [-0.39, 0.29) is 0 Å². The summed E-state index contributed by atoms with van der Waals surface area (Å²) < 4.78 is 5.84. The lowest BCUT2D eigenvalue weighted by Gasteiger charge is -2.08. The number of hydrogen-bond donors (Lipinski definition) is 2. The second-order valence-corrected chi connectivity index (χ2v) is 6.65. The number of benzene rings is 3. The van der Waals surface area contributed by atoms with Crippen LogP contribution in [0.3, 0.4) is 0 Å². The lowest BCUT2D eigenvalue weighted by Crippen LogP contribution is -2.10. The van der Waals surface area contributed by atoms with Gasteiger partial charge in [0.1, 0.15) is 17.3 Å². The Kier molecular flexibility index (Phi) is 4.30. The molecule has 0 bridgehead atoms. The summed E-state index contributed by atoms with van der Waals surface area (Å²) in [7, 11) is 0. The Bertz CT molecular complexity index is 1150. The van der Waals surface area contributed by atoms with Crippen molar-refractivity contribution in [2.24, 2.45) is 5.73 Å². The Hall–Kier alpha value is -3.31. The minimum absolute atomic E-state index is 0.430. The van der Waals surface area contributed by atoms with Gasteiger partial charge in [0.2, 0.25) is 5.91 Å². The first-order valence-electron chi connectivity index (χ1n) is 8.33. The fourth-order valence-corrected chi connectivity index (χ4v) is 3.07. The average molecular weight is 378 g/mol. The van der Waals surface area contributed by atoms with Gasteiger partial charge in [0.15, 0.2) is 0 Å². The summed E-state index contributed by atoms with van der Waals surface area (Å²) in [5, 5.41) is 0.571. The van der Waals surface area contributed by atoms with Crippen LogP contribution >= 0.6 is 11.6 Å². The Balaban J connectivity index is 1.60. The van der Waals surface area contributed by atoms with Crippen molar-refractivity contribution in [2.45, 2.75) is 6.92 Å². The average Bonchev–Trinajstić information content (AvgIpc) is 3.08. The number of rotatable bonds is 4. The molecule has 0 aliphatic heterocycles. The molecule has 3 aromatic carbocycles. The van der Waals surface area contributed by atoms with Crippen molar-refractivity contribution in [1.29, 1.82) is 0 Å². The van der Waals surface area contributed by atoms with Gasteiger partial charge >= 0.3 is 0 Å². The summed E-state index contributed by atoms with van der Waals surface area (Å²) >= 11 is 6.21. The molecule has 4 aromatic rings. The summed E-state index contributed by atoms with van der Waals surface area (Å²) in [5.74, 6) is 1.51. The fourth-order valence-electron chi connectivity index (χ4n) is 2.79. The van der Waals surface area contributed by atoms with E-state index in [4.69, 9.17) is 22.1 Å². The molecular weight excluding hydrogens is 362 g/mol. The number of hydrogen-bond acceptors (Lipinski definition) is 3. The van der Waals surface area contributed by atoms with E-state index in [9.17, 15) is 4.79 Å². The fraction of sp³-hybridized carbons (Fsp3) is 0.0476. The summed E-state index contributed by atoms with van der Waals surface area (Å²) in [4.78, 5) is 19.1. The van der Waals surface area contributed by atoms with Crippen LogP contribution in [0.15, 0.2) is 60.7 Å². The molecule has 0 radical (unpaired) electrons. The van der Waals surface area contributed by atoms with Gasteiger partial charge in [-0.15, -0.1) is 0 Å². The Morgan fingerprint density at radius 1 is 1.07 bits per heavy atom. The monoisotopic (exact) mass is 377 g/mol. The maximum Gasteiger partial charge on any atom is 0.248 e. The summed E-state index contributed by atoms with van der Waals surface area (Å²) in [5.41, 5.74) is 9.25. The maximum atomic E-state index is 11.3. The van der Waals surface area contributed by atoms with Gasteiger partial charge in [-0.1, -0.05) is 17.7 Å². The number of primary amides is 1. The lowest BCUT2D eigenvalue weighted by molar-refractivity contribution is 0.100. The number of amides is 1. The third-order valence-electron chi connectivity index (χ3n) is 4.21. The highest BCUT2D eigenvalue weighted by Crippen LogP contribution is 2.31. The van der Waals surface area contributed by atoms with Crippen LogP contribution in [0.5, 0.6) is 11.5 Å². The number of imidazole rings is 1. The first-order valence-corrected chi connectivity index (χ1v) is 8.71. The van der Waals surface area contributed by atoms with Crippen LogP contribution in [0.2, 0.25) is 5.02 Å². The SMILES string of the molecule is Cc1ccc(Oc2ccc(-c3nc4cc(C(N)=O)ccc4[nH]3)cc2)c(Cl)c1. The second kappa shape index (κ2) is 6.78. The van der Waals surface area contributed by atoms with Crippen LogP contribution in [0.25, 0.3) is 22.4 Å². The molecule has 6 heteroatoms. The van der Waals surface area contributed by atoms with Gasteiger partial charge in [0.05, 0.1) is 16.1 Å². The molecule has 27 heavy (non-hydrogen) atoms. The molecule has 0 saturated carbocycles. The van der Waals surface area contributed by atoms with Crippen molar-refractivity contribution in [3.05, 3.63) is 76.8 Å². The van der Waals surface area contributed by atoms with Crippen LogP contribution in [0.1, 0.15) is 15.9 Å². The summed E-state index contributed by atoms with van der Waals surface area (Å²) in [6.07, 6.45) is 0. The number of halogens is 1. The highest BCUT2D eigenvalue weighted by Gasteiger charge is 2.09. The van der Waals surface area contributed by atoms with Crippen LogP contribution < -0.4 is 10.5 Å². The van der Waals surface area contributed by atoms with Crippen molar-refractivity contribution < 1.29 is 9.53 Å². The molecule has 5 nitrogen and oxygen atoms in total. The van der Waals surface area contributed by atoms with E-state index >= 15 is 0 Å². The van der Waals surface area contributed by atoms with E-state index in [1.807, 2.05) is 49.4 Å². The number of carbonyl (C=O) groups excluding carboxylic acids is 1. The molecule has 134 valence electrons. The highest BCUT2D eigenvalue weighted by atomic mass is 35.5. The van der Waals surface area contributed by atoms with E-state index in [0.29, 0.717) is 33.4 Å². The summed E-state index contributed by atoms with van der Waals surface area (Å²) in [6, 6.07) is 18.3. The zero-order valence-corrected chi connectivity index (χ0v) is 15.2. The molecule has 1 amide bonds. The molecule has 1 aromatic heterocycles. The molecule has 0 unspecified atom stereocenters. The first kappa shape index (κ1) is 17.1. The highest BCUT2D eigenvalue weighted by molar-refractivity contribution is 6.32. The Morgan fingerprint density at radius 2 is 1.85 bits per heavy atom. The van der Waals surface area contributed by atoms with E-state index in [1.54, 1.807) is 18.2 Å². The molecule has 3 N–H and O–H groups in total. The largest absolute Gasteiger partial charge is 0.456 e. The standard InChI is InChI=1S/C21H16ClN3O2/c1-12-2-9-19(16(22)10-12)27-15-6-3-13(4-7-15)21-24-17-8-5-14(20(23)26)11-18(17)25-21/h2-11H,1H3,(H2,23,26)(H,24,25). The number of nitrogens with one attached hydrogen (secondary N) is 1. The zero-order valence-electron chi connectivity index (χ0n) is 14.5. The first-order chi connectivity index (χ1) is 13.0. The van der Waals surface area contributed by atoms with Crippen molar-refractivity contribution in [3.8, 4) is 22.9 Å². The molecule has 0 aliphatic rings. The molecule has 0 fully saturated rings. The molecule has 0 spiro atoms. The second-order valence-electron chi connectivity index (χ2n) is 6.24. The quantitative estimate of drug-likeness (QED) is 0.520. The van der Waals surface area contributed by atoms with Gasteiger partial charge < -0.3 is 15.5 Å². The lowest BCUT2D eigenvalue weighted by atomic mass is 10.2. The molecule has 1 heterocycles. The van der Waals surface area contributed by atoms with E-state index in [0.717, 1.165) is 16.6 Å². The molecule has 0 atom stereocenters. The van der Waals surface area contributed by atoms with Crippen molar-refractivity contribution >= 4 is 28.5 Å². The number of nitrogens with zero attached hydrogens (tertiary/aromatic N) is 1. The van der Waals surface area contributed by atoms with Crippen molar-refractivity contribution in [1.82, 2.24) is 9.97 Å². The normalized spacial score (nSPS) is 10.9. The Morgan fingerprint density at radius 3 is 2.56 bits per heavy atom. The molecule has 0 aliphatic carbocycles. The van der Waals surface area contributed by atoms with Gasteiger partial charge in [-0.25, -0.2) is 4.98 Å². The van der Waals surface area contributed by atoms with Gasteiger partial charge in [0, 0.05) is 11.1 Å². The van der Waals surface area contributed by atoms with E-state index in [2.05, 4.69) is 9.97 Å². The van der Waals surface area contributed by atoms with Gasteiger partial charge in [-0.05, 0) is 67.1 Å². The van der Waals surface area contributed by atoms with Crippen molar-refractivity contribution in [3.63, 3.8) is 0 Å².